The number of hydrogen-bond donors (Lipinski definition) is 1. The fraction of sp³-hybridized carbons (Fsp3) is 0.421. The number of nitrogens with zero attached hydrogens (tertiary/aromatic N) is 1. The smallest absolute Gasteiger partial charge is 0.308 e. The lowest BCUT2D eigenvalue weighted by Crippen LogP contribution is -2.57. The normalized spacial score (nSPS) is 16.8. The second kappa shape index (κ2) is 9.61. The summed E-state index contributed by atoms with van der Waals surface area (Å²) in [6.45, 7) is 3.06. The monoisotopic (exact) mass is 376 g/mol. The highest BCUT2D eigenvalue weighted by Gasteiger charge is 2.34. The molecule has 0 saturated carbocycles. The number of piperazine rings is 1. The van der Waals surface area contributed by atoms with E-state index in [4.69, 9.17) is 9.47 Å². The molecule has 1 aliphatic rings. The Kier molecular flexibility index (Phi) is 7.22. The Bertz CT molecular complexity index is 731. The first-order valence-electron chi connectivity index (χ1n) is 8.64. The zero-order valence-corrected chi connectivity index (χ0v) is 15.7. The van der Waals surface area contributed by atoms with E-state index in [0.717, 1.165) is 5.56 Å². The first kappa shape index (κ1) is 20.3. The number of carbonyl (C=O) groups excluding carboxylic acids is 3. The molecule has 0 aliphatic carbocycles. The van der Waals surface area contributed by atoms with Crippen LogP contribution in [0.1, 0.15) is 18.9 Å². The molecular formula is C19H24N2O6. The second-order valence-corrected chi connectivity index (χ2v) is 5.80. The summed E-state index contributed by atoms with van der Waals surface area (Å²) in [5, 5.41) is 2.66. The molecule has 1 aliphatic heterocycles. The van der Waals surface area contributed by atoms with Crippen molar-refractivity contribution in [1.82, 2.24) is 10.2 Å². The summed E-state index contributed by atoms with van der Waals surface area (Å²) in [5.74, 6) is -0.0838. The summed E-state index contributed by atoms with van der Waals surface area (Å²) in [6, 6.07) is 4.44. The number of amides is 2. The minimum atomic E-state index is -0.877. The predicted molar refractivity (Wildman–Crippen MR) is 98.3 cm³/mol. The second-order valence-electron chi connectivity index (χ2n) is 5.80. The van der Waals surface area contributed by atoms with Gasteiger partial charge in [0.25, 0.3) is 0 Å². The number of esters is 1. The van der Waals surface area contributed by atoms with Gasteiger partial charge in [0.1, 0.15) is 6.04 Å². The van der Waals surface area contributed by atoms with Crippen LogP contribution in [0.5, 0.6) is 11.5 Å². The average molecular weight is 376 g/mol. The van der Waals surface area contributed by atoms with E-state index < -0.39 is 12.0 Å². The molecule has 8 nitrogen and oxygen atoms in total. The molecule has 0 radical (unpaired) electrons. The third kappa shape index (κ3) is 5.22. The molecule has 8 heteroatoms. The lowest BCUT2D eigenvalue weighted by atomic mass is 10.1. The van der Waals surface area contributed by atoms with Crippen molar-refractivity contribution < 1.29 is 28.6 Å². The van der Waals surface area contributed by atoms with Gasteiger partial charge in [0, 0.05) is 19.2 Å². The van der Waals surface area contributed by atoms with Crippen molar-refractivity contribution in [2.24, 2.45) is 0 Å². The Morgan fingerprint density at radius 1 is 1.30 bits per heavy atom. The molecule has 2 amide bonds. The van der Waals surface area contributed by atoms with E-state index in [1.54, 1.807) is 31.4 Å². The largest absolute Gasteiger partial charge is 0.493 e. The molecule has 2 rings (SSSR count). The van der Waals surface area contributed by atoms with Gasteiger partial charge in [-0.1, -0.05) is 6.07 Å². The summed E-state index contributed by atoms with van der Waals surface area (Å²) in [6.07, 6.45) is 2.82. The van der Waals surface area contributed by atoms with E-state index in [9.17, 15) is 14.4 Å². The van der Waals surface area contributed by atoms with Crippen molar-refractivity contribution in [1.29, 1.82) is 0 Å². The van der Waals surface area contributed by atoms with Crippen LogP contribution in [0, 0.1) is 0 Å². The van der Waals surface area contributed by atoms with Crippen LogP contribution in [-0.4, -0.2) is 62.6 Å². The molecule has 1 aromatic carbocycles. The van der Waals surface area contributed by atoms with Crippen LogP contribution in [0.25, 0.3) is 6.08 Å². The molecular weight excluding hydrogens is 352 g/mol. The third-order valence-electron chi connectivity index (χ3n) is 4.11. The van der Waals surface area contributed by atoms with Crippen molar-refractivity contribution in [2.45, 2.75) is 19.4 Å². The summed E-state index contributed by atoms with van der Waals surface area (Å²) in [7, 11) is 2.79. The molecule has 1 fully saturated rings. The zero-order chi connectivity index (χ0) is 19.8. The maximum Gasteiger partial charge on any atom is 0.308 e. The van der Waals surface area contributed by atoms with Crippen molar-refractivity contribution >= 4 is 23.9 Å². The topological polar surface area (TPSA) is 94.2 Å². The molecule has 1 aromatic rings. The lowest BCUT2D eigenvalue weighted by molar-refractivity contribution is -0.148. The Labute approximate surface area is 158 Å². The molecule has 1 atom stereocenters. The molecule has 1 saturated heterocycles. The molecule has 1 N–H and O–H groups in total. The standard InChI is InChI=1S/C19H24N2O6/c1-4-27-15-7-5-13(11-16(15)25-2)6-8-17(22)21-10-9-20-19(24)14(21)12-18(23)26-3/h5-8,11,14H,4,9-10,12H2,1-3H3,(H,20,24). The van der Waals surface area contributed by atoms with E-state index in [2.05, 4.69) is 10.1 Å². The third-order valence-corrected chi connectivity index (χ3v) is 4.11. The lowest BCUT2D eigenvalue weighted by Gasteiger charge is -2.33. The summed E-state index contributed by atoms with van der Waals surface area (Å²) < 4.78 is 15.4. The van der Waals surface area contributed by atoms with E-state index >= 15 is 0 Å². The van der Waals surface area contributed by atoms with Gasteiger partial charge in [0.2, 0.25) is 11.8 Å². The highest BCUT2D eigenvalue weighted by Crippen LogP contribution is 2.28. The van der Waals surface area contributed by atoms with Crippen LogP contribution in [-0.2, 0) is 19.1 Å². The number of benzene rings is 1. The number of carbonyl (C=O) groups is 3. The minimum Gasteiger partial charge on any atom is -0.493 e. The van der Waals surface area contributed by atoms with Gasteiger partial charge in [-0.25, -0.2) is 0 Å². The molecule has 0 spiro atoms. The quantitative estimate of drug-likeness (QED) is 0.564. The van der Waals surface area contributed by atoms with Gasteiger partial charge in [-0.2, -0.15) is 0 Å². The summed E-state index contributed by atoms with van der Waals surface area (Å²) >= 11 is 0. The predicted octanol–water partition coefficient (Wildman–Crippen LogP) is 0.997. The van der Waals surface area contributed by atoms with E-state index in [1.165, 1.54) is 18.1 Å². The van der Waals surface area contributed by atoms with Gasteiger partial charge < -0.3 is 24.4 Å². The number of rotatable bonds is 7. The summed E-state index contributed by atoms with van der Waals surface area (Å²) in [5.41, 5.74) is 0.745. The number of methoxy groups -OCH3 is 2. The van der Waals surface area contributed by atoms with Gasteiger partial charge >= 0.3 is 5.97 Å². The summed E-state index contributed by atoms with van der Waals surface area (Å²) in [4.78, 5) is 37.5. The Hall–Kier alpha value is -3.03. The fourth-order valence-corrected chi connectivity index (χ4v) is 2.75. The molecule has 1 unspecified atom stereocenters. The van der Waals surface area contributed by atoms with Crippen molar-refractivity contribution in [3.05, 3.63) is 29.8 Å². The maximum absolute atomic E-state index is 12.6. The SMILES string of the molecule is CCOc1ccc(C=CC(=O)N2CCNC(=O)C2CC(=O)OC)cc1OC. The number of hydrogen-bond acceptors (Lipinski definition) is 6. The highest BCUT2D eigenvalue weighted by molar-refractivity contribution is 5.97. The van der Waals surface area contributed by atoms with Crippen molar-refractivity contribution in [3.63, 3.8) is 0 Å². The first-order valence-corrected chi connectivity index (χ1v) is 8.64. The maximum atomic E-state index is 12.6. The van der Waals surface area contributed by atoms with Crippen LogP contribution in [0.3, 0.4) is 0 Å². The molecule has 1 heterocycles. The fourth-order valence-electron chi connectivity index (χ4n) is 2.75. The van der Waals surface area contributed by atoms with E-state index in [-0.39, 0.29) is 18.2 Å². The van der Waals surface area contributed by atoms with E-state index in [0.29, 0.717) is 31.2 Å². The first-order chi connectivity index (χ1) is 13.0. The van der Waals surface area contributed by atoms with Gasteiger partial charge in [0.15, 0.2) is 11.5 Å². The Balaban J connectivity index is 2.14. The van der Waals surface area contributed by atoms with Crippen LogP contribution < -0.4 is 14.8 Å². The van der Waals surface area contributed by atoms with Crippen LogP contribution >= 0.6 is 0 Å². The Morgan fingerprint density at radius 3 is 2.74 bits per heavy atom. The van der Waals surface area contributed by atoms with Crippen LogP contribution in [0.15, 0.2) is 24.3 Å². The molecule has 0 bridgehead atoms. The number of ether oxygens (including phenoxy) is 3. The van der Waals surface area contributed by atoms with Crippen molar-refractivity contribution in [3.8, 4) is 11.5 Å². The van der Waals surface area contributed by atoms with E-state index in [1.807, 2.05) is 6.92 Å². The van der Waals surface area contributed by atoms with Crippen LogP contribution in [0.4, 0.5) is 0 Å². The Morgan fingerprint density at radius 2 is 2.07 bits per heavy atom. The van der Waals surface area contributed by atoms with Crippen LogP contribution in [0.2, 0.25) is 0 Å². The van der Waals surface area contributed by atoms with Gasteiger partial charge in [-0.3, -0.25) is 14.4 Å². The highest BCUT2D eigenvalue weighted by atomic mass is 16.5. The average Bonchev–Trinajstić information content (AvgIpc) is 2.68. The zero-order valence-electron chi connectivity index (χ0n) is 15.7. The number of nitrogens with one attached hydrogen (secondary N) is 1. The molecule has 0 aromatic heterocycles. The van der Waals surface area contributed by atoms with Gasteiger partial charge in [-0.05, 0) is 30.7 Å². The van der Waals surface area contributed by atoms with Gasteiger partial charge in [0.05, 0.1) is 27.2 Å². The minimum absolute atomic E-state index is 0.182. The van der Waals surface area contributed by atoms with Crippen molar-refractivity contribution in [2.75, 3.05) is 33.9 Å². The van der Waals surface area contributed by atoms with Gasteiger partial charge in [-0.15, -0.1) is 0 Å². The molecule has 27 heavy (non-hydrogen) atoms. The molecule has 146 valence electrons.